The van der Waals surface area contributed by atoms with Crippen LogP contribution >= 0.6 is 0 Å². The van der Waals surface area contributed by atoms with E-state index >= 15 is 0 Å². The topological polar surface area (TPSA) is 62.2 Å². The summed E-state index contributed by atoms with van der Waals surface area (Å²) < 4.78 is 0. The highest BCUT2D eigenvalue weighted by Gasteiger charge is 2.17. The molecule has 1 heterocycles. The van der Waals surface area contributed by atoms with Crippen molar-refractivity contribution in [3.63, 3.8) is 0 Å². The number of aromatic nitrogens is 1. The SMILES string of the molecule is O=C(CC1CCCCC1)Nc1cc(C#CCCO)ccn1. The van der Waals surface area contributed by atoms with Gasteiger partial charge in [0.1, 0.15) is 5.82 Å². The molecule has 4 nitrogen and oxygen atoms in total. The van der Waals surface area contributed by atoms with Gasteiger partial charge in [-0.1, -0.05) is 31.1 Å². The molecule has 0 saturated heterocycles. The first-order valence-electron chi connectivity index (χ1n) is 7.63. The normalized spacial score (nSPS) is 15.1. The highest BCUT2D eigenvalue weighted by Crippen LogP contribution is 2.26. The Morgan fingerprint density at radius 2 is 2.19 bits per heavy atom. The van der Waals surface area contributed by atoms with Crippen LogP contribution in [0.2, 0.25) is 0 Å². The van der Waals surface area contributed by atoms with E-state index in [9.17, 15) is 4.79 Å². The summed E-state index contributed by atoms with van der Waals surface area (Å²) in [6, 6.07) is 3.56. The van der Waals surface area contributed by atoms with Gasteiger partial charge in [0.15, 0.2) is 0 Å². The minimum Gasteiger partial charge on any atom is -0.395 e. The third-order valence-corrected chi connectivity index (χ3v) is 3.70. The van der Waals surface area contributed by atoms with Crippen LogP contribution in [0.5, 0.6) is 0 Å². The zero-order valence-corrected chi connectivity index (χ0v) is 12.3. The van der Waals surface area contributed by atoms with Gasteiger partial charge in [0.25, 0.3) is 0 Å². The molecule has 1 saturated carbocycles. The zero-order valence-electron chi connectivity index (χ0n) is 12.3. The van der Waals surface area contributed by atoms with Crippen LogP contribution in [0.3, 0.4) is 0 Å². The summed E-state index contributed by atoms with van der Waals surface area (Å²) in [5.74, 6) is 6.90. The van der Waals surface area contributed by atoms with Crippen LogP contribution in [-0.4, -0.2) is 22.6 Å². The summed E-state index contributed by atoms with van der Waals surface area (Å²) in [5, 5.41) is 11.6. The molecule has 0 aliphatic heterocycles. The number of hydrogen-bond acceptors (Lipinski definition) is 3. The average molecular weight is 286 g/mol. The van der Waals surface area contributed by atoms with Crippen molar-refractivity contribution >= 4 is 11.7 Å². The predicted octanol–water partition coefficient (Wildman–Crippen LogP) is 2.72. The number of rotatable bonds is 4. The van der Waals surface area contributed by atoms with Crippen LogP contribution in [0.4, 0.5) is 5.82 Å². The molecule has 0 aromatic carbocycles. The van der Waals surface area contributed by atoms with Gasteiger partial charge in [-0.3, -0.25) is 4.79 Å². The van der Waals surface area contributed by atoms with E-state index in [1.165, 1.54) is 19.3 Å². The van der Waals surface area contributed by atoms with Gasteiger partial charge in [-0.25, -0.2) is 4.98 Å². The minimum absolute atomic E-state index is 0.0369. The summed E-state index contributed by atoms with van der Waals surface area (Å²) in [6.45, 7) is 0.0586. The fourth-order valence-electron chi connectivity index (χ4n) is 2.64. The third-order valence-electron chi connectivity index (χ3n) is 3.70. The Labute approximate surface area is 126 Å². The van der Waals surface area contributed by atoms with Gasteiger partial charge in [-0.2, -0.15) is 0 Å². The van der Waals surface area contributed by atoms with Crippen LogP contribution in [0.15, 0.2) is 18.3 Å². The number of amides is 1. The summed E-state index contributed by atoms with van der Waals surface area (Å²) >= 11 is 0. The van der Waals surface area contributed by atoms with E-state index in [2.05, 4.69) is 22.1 Å². The summed E-state index contributed by atoms with van der Waals surface area (Å²) in [6.07, 6.45) is 8.78. The molecule has 2 rings (SSSR count). The van der Waals surface area contributed by atoms with E-state index < -0.39 is 0 Å². The van der Waals surface area contributed by atoms with Crippen molar-refractivity contribution in [3.8, 4) is 11.8 Å². The molecule has 1 aliphatic carbocycles. The zero-order chi connectivity index (χ0) is 14.9. The quantitative estimate of drug-likeness (QED) is 0.837. The van der Waals surface area contributed by atoms with Gasteiger partial charge < -0.3 is 10.4 Å². The fraction of sp³-hybridized carbons (Fsp3) is 0.529. The molecule has 0 atom stereocenters. The van der Waals surface area contributed by atoms with Crippen molar-refractivity contribution in [2.45, 2.75) is 44.9 Å². The molecule has 0 unspecified atom stereocenters. The molecule has 1 fully saturated rings. The number of carbonyl (C=O) groups excluding carboxylic acids is 1. The van der Waals surface area contributed by atoms with Crippen LogP contribution in [0, 0.1) is 17.8 Å². The van der Waals surface area contributed by atoms with Gasteiger partial charge in [0.2, 0.25) is 5.91 Å². The maximum Gasteiger partial charge on any atom is 0.225 e. The largest absolute Gasteiger partial charge is 0.395 e. The van der Waals surface area contributed by atoms with E-state index in [-0.39, 0.29) is 12.5 Å². The molecular formula is C17H22N2O2. The molecule has 112 valence electrons. The fourth-order valence-corrected chi connectivity index (χ4v) is 2.64. The standard InChI is InChI=1S/C17H22N2O2/c20-11-5-4-8-15-9-10-18-16(12-15)19-17(21)13-14-6-2-1-3-7-14/h9-10,12,14,20H,1-3,5-7,11,13H2,(H,18,19,21). The Morgan fingerprint density at radius 3 is 2.95 bits per heavy atom. The molecule has 1 aliphatic rings. The summed E-state index contributed by atoms with van der Waals surface area (Å²) in [4.78, 5) is 16.2. The lowest BCUT2D eigenvalue weighted by Gasteiger charge is -2.20. The number of hydrogen-bond donors (Lipinski definition) is 2. The van der Waals surface area contributed by atoms with E-state index in [0.717, 1.165) is 18.4 Å². The highest BCUT2D eigenvalue weighted by atomic mass is 16.2. The van der Waals surface area contributed by atoms with Crippen molar-refractivity contribution in [1.82, 2.24) is 4.98 Å². The number of aliphatic hydroxyl groups excluding tert-OH is 1. The van der Waals surface area contributed by atoms with Crippen molar-refractivity contribution in [2.24, 2.45) is 5.92 Å². The monoisotopic (exact) mass is 286 g/mol. The first-order chi connectivity index (χ1) is 10.3. The Hall–Kier alpha value is -1.86. The number of carbonyl (C=O) groups is 1. The number of anilines is 1. The van der Waals surface area contributed by atoms with Gasteiger partial charge in [-0.15, -0.1) is 0 Å². The molecule has 21 heavy (non-hydrogen) atoms. The first kappa shape index (κ1) is 15.5. The van der Waals surface area contributed by atoms with Gasteiger partial charge in [0.05, 0.1) is 6.61 Å². The molecule has 4 heteroatoms. The van der Waals surface area contributed by atoms with Crippen molar-refractivity contribution in [1.29, 1.82) is 0 Å². The number of nitrogens with one attached hydrogen (secondary N) is 1. The molecular weight excluding hydrogens is 264 g/mol. The lowest BCUT2D eigenvalue weighted by molar-refractivity contribution is -0.117. The Morgan fingerprint density at radius 1 is 1.38 bits per heavy atom. The molecule has 1 aromatic heterocycles. The lowest BCUT2D eigenvalue weighted by Crippen LogP contribution is -2.18. The predicted molar refractivity (Wildman–Crippen MR) is 82.6 cm³/mol. The lowest BCUT2D eigenvalue weighted by atomic mass is 9.87. The second-order valence-corrected chi connectivity index (χ2v) is 5.46. The van der Waals surface area contributed by atoms with Crippen LogP contribution in [0.25, 0.3) is 0 Å². The van der Waals surface area contributed by atoms with Crippen LogP contribution in [0.1, 0.15) is 50.5 Å². The van der Waals surface area contributed by atoms with Gasteiger partial charge in [-0.05, 0) is 30.9 Å². The third kappa shape index (κ3) is 5.57. The number of aliphatic hydroxyl groups is 1. The summed E-state index contributed by atoms with van der Waals surface area (Å²) in [5.41, 5.74) is 0.798. The van der Waals surface area contributed by atoms with Crippen LogP contribution in [-0.2, 0) is 4.79 Å². The first-order valence-corrected chi connectivity index (χ1v) is 7.63. The molecule has 2 N–H and O–H groups in total. The number of nitrogens with zero attached hydrogens (tertiary/aromatic N) is 1. The van der Waals surface area contributed by atoms with Crippen LogP contribution < -0.4 is 5.32 Å². The van der Waals surface area contributed by atoms with E-state index in [0.29, 0.717) is 24.6 Å². The molecule has 0 radical (unpaired) electrons. The van der Waals surface area contributed by atoms with E-state index in [4.69, 9.17) is 5.11 Å². The summed E-state index contributed by atoms with van der Waals surface area (Å²) in [7, 11) is 0. The maximum absolute atomic E-state index is 12.0. The molecule has 0 bridgehead atoms. The Kier molecular flexibility index (Phi) is 6.23. The van der Waals surface area contributed by atoms with E-state index in [1.54, 1.807) is 18.3 Å². The number of pyridine rings is 1. The molecule has 1 amide bonds. The maximum atomic E-state index is 12.0. The highest BCUT2D eigenvalue weighted by molar-refractivity contribution is 5.90. The Balaban J connectivity index is 1.88. The molecule has 1 aromatic rings. The van der Waals surface area contributed by atoms with Crippen molar-refractivity contribution in [2.75, 3.05) is 11.9 Å². The smallest absolute Gasteiger partial charge is 0.225 e. The minimum atomic E-state index is 0.0369. The Bertz CT molecular complexity index is 525. The molecule has 0 spiro atoms. The van der Waals surface area contributed by atoms with Gasteiger partial charge in [0, 0.05) is 24.6 Å². The van der Waals surface area contributed by atoms with Crippen molar-refractivity contribution in [3.05, 3.63) is 23.9 Å². The second kappa shape index (κ2) is 8.43. The van der Waals surface area contributed by atoms with Gasteiger partial charge >= 0.3 is 0 Å². The van der Waals surface area contributed by atoms with E-state index in [1.807, 2.05) is 0 Å². The average Bonchev–Trinajstić information content (AvgIpc) is 2.49. The second-order valence-electron chi connectivity index (χ2n) is 5.46. The van der Waals surface area contributed by atoms with Crippen molar-refractivity contribution < 1.29 is 9.90 Å².